The molecule has 1 aromatic carbocycles. The Morgan fingerprint density at radius 3 is 2.50 bits per heavy atom. The van der Waals surface area contributed by atoms with Crippen LogP contribution in [0.3, 0.4) is 0 Å². The highest BCUT2D eigenvalue weighted by Gasteiger charge is 2.28. The van der Waals surface area contributed by atoms with Crippen LogP contribution in [-0.2, 0) is 0 Å². The number of hydrogen-bond acceptors (Lipinski definition) is 1. The van der Waals surface area contributed by atoms with Crippen LogP contribution in [0.15, 0.2) is 22.7 Å². The molecule has 0 aliphatic heterocycles. The summed E-state index contributed by atoms with van der Waals surface area (Å²) in [5, 5.41) is 3.41. The van der Waals surface area contributed by atoms with Crippen LogP contribution in [0, 0.1) is 0 Å². The van der Waals surface area contributed by atoms with Gasteiger partial charge in [-0.25, -0.2) is 0 Å². The highest BCUT2D eigenvalue weighted by atomic mass is 79.9. The van der Waals surface area contributed by atoms with Gasteiger partial charge in [-0.1, -0.05) is 31.5 Å². The average molecular weight is 353 g/mol. The lowest BCUT2D eigenvalue weighted by molar-refractivity contribution is 0.0902. The normalized spacial score (nSPS) is 11.4. The van der Waals surface area contributed by atoms with E-state index in [4.69, 9.17) is 23.2 Å². The zero-order chi connectivity index (χ0) is 13.8. The molecular weight excluding hydrogens is 337 g/mol. The summed E-state index contributed by atoms with van der Waals surface area (Å²) in [4.78, 5) is 12.2. The lowest BCUT2D eigenvalue weighted by atomic mass is 9.94. The van der Waals surface area contributed by atoms with E-state index in [1.165, 1.54) is 0 Å². The summed E-state index contributed by atoms with van der Waals surface area (Å²) in [6, 6.07) is 5.28. The van der Waals surface area contributed by atoms with Crippen LogP contribution in [0.4, 0.5) is 0 Å². The van der Waals surface area contributed by atoms with Gasteiger partial charge in [0.05, 0.1) is 16.1 Å². The number of halogens is 3. The van der Waals surface area contributed by atoms with Crippen LogP contribution in [0.5, 0.6) is 0 Å². The van der Waals surface area contributed by atoms with E-state index in [1.807, 2.05) is 13.8 Å². The lowest BCUT2D eigenvalue weighted by Gasteiger charge is -2.30. The van der Waals surface area contributed by atoms with Crippen LogP contribution in [0.1, 0.15) is 37.0 Å². The molecule has 0 saturated heterocycles. The first-order valence-electron chi connectivity index (χ1n) is 5.82. The fraction of sp³-hybridized carbons (Fsp3) is 0.462. The summed E-state index contributed by atoms with van der Waals surface area (Å²) in [6.07, 6.45) is 1.56. The summed E-state index contributed by atoms with van der Waals surface area (Å²) in [7, 11) is 0. The third-order valence-electron chi connectivity index (χ3n) is 3.18. The number of amides is 1. The molecule has 100 valence electrons. The molecule has 5 heteroatoms. The Morgan fingerprint density at radius 2 is 2.00 bits per heavy atom. The monoisotopic (exact) mass is 351 g/mol. The number of benzene rings is 1. The molecule has 1 aromatic rings. The van der Waals surface area contributed by atoms with E-state index in [-0.39, 0.29) is 11.4 Å². The van der Waals surface area contributed by atoms with Crippen molar-refractivity contribution in [2.75, 3.05) is 5.88 Å². The largest absolute Gasteiger partial charge is 0.345 e. The first kappa shape index (κ1) is 15.8. The van der Waals surface area contributed by atoms with Crippen molar-refractivity contribution in [2.24, 2.45) is 0 Å². The van der Waals surface area contributed by atoms with Gasteiger partial charge in [-0.3, -0.25) is 4.79 Å². The van der Waals surface area contributed by atoms with Crippen LogP contribution < -0.4 is 5.32 Å². The van der Waals surface area contributed by atoms with Crippen molar-refractivity contribution >= 4 is 45.0 Å². The Morgan fingerprint density at radius 1 is 1.39 bits per heavy atom. The first-order chi connectivity index (χ1) is 8.49. The molecule has 0 saturated carbocycles. The topological polar surface area (TPSA) is 29.1 Å². The van der Waals surface area contributed by atoms with Crippen molar-refractivity contribution in [1.82, 2.24) is 5.32 Å². The highest BCUT2D eigenvalue weighted by molar-refractivity contribution is 9.10. The molecule has 0 aliphatic carbocycles. The molecule has 0 spiro atoms. The molecule has 1 amide bonds. The molecular formula is C13H16BrCl2NO. The second-order valence-corrected chi connectivity index (χ2v) is 5.68. The SMILES string of the molecule is CCC(CC)(CCl)NC(=O)c1cccc(Br)c1Cl. The summed E-state index contributed by atoms with van der Waals surface area (Å²) < 4.78 is 0.710. The van der Waals surface area contributed by atoms with Crippen molar-refractivity contribution in [3.05, 3.63) is 33.3 Å². The summed E-state index contributed by atoms with van der Waals surface area (Å²) in [6.45, 7) is 4.02. The molecule has 1 rings (SSSR count). The Hall–Kier alpha value is -0.250. The van der Waals surface area contributed by atoms with Gasteiger partial charge in [0, 0.05) is 10.4 Å². The predicted molar refractivity (Wildman–Crippen MR) is 80.7 cm³/mol. The Bertz CT molecular complexity index is 425. The van der Waals surface area contributed by atoms with E-state index in [0.29, 0.717) is 20.9 Å². The van der Waals surface area contributed by atoms with Crippen molar-refractivity contribution in [3.8, 4) is 0 Å². The molecule has 1 N–H and O–H groups in total. The van der Waals surface area contributed by atoms with E-state index in [2.05, 4.69) is 21.2 Å². The van der Waals surface area contributed by atoms with Crippen molar-refractivity contribution in [3.63, 3.8) is 0 Å². The number of nitrogens with one attached hydrogen (secondary N) is 1. The van der Waals surface area contributed by atoms with E-state index < -0.39 is 0 Å². The highest BCUT2D eigenvalue weighted by Crippen LogP contribution is 2.27. The van der Waals surface area contributed by atoms with Gasteiger partial charge >= 0.3 is 0 Å². The van der Waals surface area contributed by atoms with Gasteiger partial charge in [-0.15, -0.1) is 11.6 Å². The quantitative estimate of drug-likeness (QED) is 0.769. The smallest absolute Gasteiger partial charge is 0.253 e. The fourth-order valence-electron chi connectivity index (χ4n) is 1.64. The minimum absolute atomic E-state index is 0.189. The molecule has 0 fully saturated rings. The maximum absolute atomic E-state index is 12.2. The minimum atomic E-state index is -0.371. The van der Waals surface area contributed by atoms with E-state index in [9.17, 15) is 4.79 Å². The number of hydrogen-bond donors (Lipinski definition) is 1. The lowest BCUT2D eigenvalue weighted by Crippen LogP contribution is -2.49. The molecule has 0 unspecified atom stereocenters. The fourth-order valence-corrected chi connectivity index (χ4v) is 2.66. The van der Waals surface area contributed by atoms with Gasteiger partial charge in [0.25, 0.3) is 5.91 Å². The number of rotatable bonds is 5. The molecule has 18 heavy (non-hydrogen) atoms. The zero-order valence-electron chi connectivity index (χ0n) is 10.4. The van der Waals surface area contributed by atoms with Gasteiger partial charge < -0.3 is 5.32 Å². The number of carbonyl (C=O) groups is 1. The van der Waals surface area contributed by atoms with Gasteiger partial charge in [-0.2, -0.15) is 0 Å². The van der Waals surface area contributed by atoms with Gasteiger partial charge in [0.2, 0.25) is 0 Å². The Labute approximate surface area is 126 Å². The van der Waals surface area contributed by atoms with Gasteiger partial charge in [0.15, 0.2) is 0 Å². The molecule has 0 radical (unpaired) electrons. The molecule has 0 heterocycles. The van der Waals surface area contributed by atoms with Gasteiger partial charge in [-0.05, 0) is 40.9 Å². The van der Waals surface area contributed by atoms with Crippen LogP contribution in [-0.4, -0.2) is 17.3 Å². The Kier molecular flexibility index (Phi) is 5.96. The molecule has 2 nitrogen and oxygen atoms in total. The van der Waals surface area contributed by atoms with Crippen molar-refractivity contribution < 1.29 is 4.79 Å². The standard InChI is InChI=1S/C13H16BrCl2NO/c1-3-13(4-2,8-15)17-12(18)9-6-5-7-10(14)11(9)16/h5-7H,3-4,8H2,1-2H3,(H,17,18). The second kappa shape index (κ2) is 6.78. The minimum Gasteiger partial charge on any atom is -0.345 e. The predicted octanol–water partition coefficient (Wildman–Crippen LogP) is 4.63. The van der Waals surface area contributed by atoms with Crippen LogP contribution in [0.2, 0.25) is 5.02 Å². The maximum atomic E-state index is 12.2. The maximum Gasteiger partial charge on any atom is 0.253 e. The summed E-state index contributed by atoms with van der Waals surface area (Å²) >= 11 is 15.4. The zero-order valence-corrected chi connectivity index (χ0v) is 13.5. The number of alkyl halides is 1. The average Bonchev–Trinajstić information content (AvgIpc) is 2.39. The molecule has 0 atom stereocenters. The molecule has 0 bridgehead atoms. The van der Waals surface area contributed by atoms with E-state index in [1.54, 1.807) is 18.2 Å². The second-order valence-electron chi connectivity index (χ2n) is 4.18. The third-order valence-corrected chi connectivity index (χ3v) is 4.99. The summed E-state index contributed by atoms with van der Waals surface area (Å²) in [5.74, 6) is 0.197. The van der Waals surface area contributed by atoms with E-state index in [0.717, 1.165) is 12.8 Å². The molecule has 0 aromatic heterocycles. The van der Waals surface area contributed by atoms with Crippen LogP contribution in [0.25, 0.3) is 0 Å². The van der Waals surface area contributed by atoms with Crippen molar-refractivity contribution in [1.29, 1.82) is 0 Å². The van der Waals surface area contributed by atoms with Gasteiger partial charge in [0.1, 0.15) is 0 Å². The van der Waals surface area contributed by atoms with Crippen molar-refractivity contribution in [2.45, 2.75) is 32.2 Å². The number of carbonyl (C=O) groups excluding carboxylic acids is 1. The molecule has 0 aliphatic rings. The van der Waals surface area contributed by atoms with E-state index >= 15 is 0 Å². The van der Waals surface area contributed by atoms with Crippen LogP contribution >= 0.6 is 39.1 Å². The third kappa shape index (κ3) is 3.40. The first-order valence-corrected chi connectivity index (χ1v) is 7.52. The Balaban J connectivity index is 2.98. The summed E-state index contributed by atoms with van der Waals surface area (Å²) in [5.41, 5.74) is 0.0898.